The van der Waals surface area contributed by atoms with Gasteiger partial charge in [0.05, 0.1) is 13.2 Å². The third-order valence-electron chi connectivity index (χ3n) is 3.86. The van der Waals surface area contributed by atoms with E-state index in [-0.39, 0.29) is 11.9 Å². The summed E-state index contributed by atoms with van der Waals surface area (Å²) in [6, 6.07) is 0. The van der Waals surface area contributed by atoms with Gasteiger partial charge in [-0.3, -0.25) is 9.59 Å². The quantitative estimate of drug-likeness (QED) is 0.552. The molecule has 0 heterocycles. The van der Waals surface area contributed by atoms with Crippen molar-refractivity contribution in [2.45, 2.75) is 71.6 Å². The van der Waals surface area contributed by atoms with Crippen molar-refractivity contribution in [3.63, 3.8) is 0 Å². The van der Waals surface area contributed by atoms with Gasteiger partial charge in [0.25, 0.3) is 0 Å². The van der Waals surface area contributed by atoms with Gasteiger partial charge in [-0.05, 0) is 25.7 Å². The number of carbonyl (C=O) groups excluding carboxylic acids is 2. The van der Waals surface area contributed by atoms with E-state index in [1.54, 1.807) is 0 Å². The van der Waals surface area contributed by atoms with Crippen molar-refractivity contribution in [1.29, 1.82) is 0 Å². The lowest BCUT2D eigenvalue weighted by Gasteiger charge is -2.30. The molecule has 0 spiro atoms. The third kappa shape index (κ3) is 4.50. The van der Waals surface area contributed by atoms with Crippen LogP contribution in [-0.4, -0.2) is 25.2 Å². The number of hydrogen-bond acceptors (Lipinski definition) is 4. The van der Waals surface area contributed by atoms with E-state index in [9.17, 15) is 9.59 Å². The standard InChI is InChI=1S/C16H28O4/c1-3-12-19-14(17)16(15(18)20-13-4-2)10-8-6-5-7-9-11-16/h3-13H2,1-2H3. The molecule has 0 radical (unpaired) electrons. The fraction of sp³-hybridized carbons (Fsp3) is 0.875. The van der Waals surface area contributed by atoms with Gasteiger partial charge in [-0.15, -0.1) is 0 Å². The van der Waals surface area contributed by atoms with Crippen molar-refractivity contribution >= 4 is 11.9 Å². The van der Waals surface area contributed by atoms with Gasteiger partial charge in [0.15, 0.2) is 5.41 Å². The molecule has 0 bridgehead atoms. The normalized spacial score (nSPS) is 18.7. The lowest BCUT2D eigenvalue weighted by atomic mass is 9.76. The zero-order chi connectivity index (χ0) is 14.8. The van der Waals surface area contributed by atoms with Crippen LogP contribution in [0, 0.1) is 5.41 Å². The second-order valence-corrected chi connectivity index (χ2v) is 5.62. The first-order chi connectivity index (χ1) is 9.67. The van der Waals surface area contributed by atoms with Crippen molar-refractivity contribution in [3.8, 4) is 0 Å². The Hall–Kier alpha value is -1.06. The molecule has 20 heavy (non-hydrogen) atoms. The van der Waals surface area contributed by atoms with Crippen LogP contribution in [-0.2, 0) is 19.1 Å². The maximum Gasteiger partial charge on any atom is 0.323 e. The van der Waals surface area contributed by atoms with E-state index in [1.165, 1.54) is 6.42 Å². The summed E-state index contributed by atoms with van der Waals surface area (Å²) in [5.74, 6) is -0.746. The molecule has 4 nitrogen and oxygen atoms in total. The van der Waals surface area contributed by atoms with Crippen LogP contribution >= 0.6 is 0 Å². The van der Waals surface area contributed by atoms with Crippen molar-refractivity contribution in [1.82, 2.24) is 0 Å². The first kappa shape index (κ1) is 17.0. The number of hydrogen-bond donors (Lipinski definition) is 0. The third-order valence-corrected chi connectivity index (χ3v) is 3.86. The fourth-order valence-electron chi connectivity index (χ4n) is 2.67. The van der Waals surface area contributed by atoms with Gasteiger partial charge in [-0.1, -0.05) is 46.0 Å². The van der Waals surface area contributed by atoms with Gasteiger partial charge in [0, 0.05) is 0 Å². The lowest BCUT2D eigenvalue weighted by Crippen LogP contribution is -2.42. The summed E-state index contributed by atoms with van der Waals surface area (Å²) in [6.07, 6.45) is 7.79. The summed E-state index contributed by atoms with van der Waals surface area (Å²) < 4.78 is 10.6. The number of rotatable bonds is 6. The average Bonchev–Trinajstić information content (AvgIpc) is 2.42. The number of carbonyl (C=O) groups is 2. The van der Waals surface area contributed by atoms with Gasteiger partial charge >= 0.3 is 11.9 Å². The number of ether oxygens (including phenoxy) is 2. The zero-order valence-corrected chi connectivity index (χ0v) is 12.9. The number of esters is 2. The fourth-order valence-corrected chi connectivity index (χ4v) is 2.67. The van der Waals surface area contributed by atoms with Crippen molar-refractivity contribution < 1.29 is 19.1 Å². The Morgan fingerprint density at radius 3 is 1.60 bits per heavy atom. The molecule has 0 aliphatic heterocycles. The van der Waals surface area contributed by atoms with Crippen molar-refractivity contribution in [2.75, 3.05) is 13.2 Å². The Balaban J connectivity index is 2.83. The summed E-state index contributed by atoms with van der Waals surface area (Å²) in [5.41, 5.74) is -1.05. The smallest absolute Gasteiger partial charge is 0.323 e. The summed E-state index contributed by atoms with van der Waals surface area (Å²) in [6.45, 7) is 4.66. The highest BCUT2D eigenvalue weighted by atomic mass is 16.6. The highest BCUT2D eigenvalue weighted by molar-refractivity contribution is 6.00. The molecule has 0 amide bonds. The predicted octanol–water partition coefficient (Wildman–Crippen LogP) is 3.62. The Labute approximate surface area is 122 Å². The maximum absolute atomic E-state index is 12.4. The van der Waals surface area contributed by atoms with Gasteiger partial charge in [-0.25, -0.2) is 0 Å². The predicted molar refractivity (Wildman–Crippen MR) is 77.3 cm³/mol. The molecule has 0 N–H and O–H groups in total. The van der Waals surface area contributed by atoms with Crippen LogP contribution in [0.25, 0.3) is 0 Å². The van der Waals surface area contributed by atoms with Crippen LogP contribution in [0.3, 0.4) is 0 Å². The molecule has 116 valence electrons. The van der Waals surface area contributed by atoms with E-state index in [0.29, 0.717) is 26.1 Å². The van der Waals surface area contributed by atoms with Gasteiger partial charge in [-0.2, -0.15) is 0 Å². The molecule has 0 aromatic heterocycles. The average molecular weight is 284 g/mol. The highest BCUT2D eigenvalue weighted by Gasteiger charge is 2.48. The van der Waals surface area contributed by atoms with Crippen LogP contribution in [0.4, 0.5) is 0 Å². The molecule has 0 saturated heterocycles. The highest BCUT2D eigenvalue weighted by Crippen LogP contribution is 2.37. The minimum atomic E-state index is -1.05. The lowest BCUT2D eigenvalue weighted by molar-refractivity contribution is -0.174. The Morgan fingerprint density at radius 2 is 1.20 bits per heavy atom. The maximum atomic E-state index is 12.4. The molecule has 1 fully saturated rings. The van der Waals surface area contributed by atoms with E-state index < -0.39 is 5.41 Å². The van der Waals surface area contributed by atoms with E-state index in [1.807, 2.05) is 13.8 Å². The second kappa shape index (κ2) is 8.98. The van der Waals surface area contributed by atoms with Gasteiger partial charge in [0.2, 0.25) is 0 Å². The van der Waals surface area contributed by atoms with Crippen LogP contribution in [0.15, 0.2) is 0 Å². The van der Waals surface area contributed by atoms with Crippen LogP contribution in [0.1, 0.15) is 71.6 Å². The molecule has 1 aliphatic rings. The molecule has 0 aromatic carbocycles. The summed E-state index contributed by atoms with van der Waals surface area (Å²) >= 11 is 0. The van der Waals surface area contributed by atoms with E-state index >= 15 is 0 Å². The summed E-state index contributed by atoms with van der Waals surface area (Å²) in [4.78, 5) is 24.9. The van der Waals surface area contributed by atoms with Gasteiger partial charge < -0.3 is 9.47 Å². The minimum Gasteiger partial charge on any atom is -0.465 e. The molecular weight excluding hydrogens is 256 g/mol. The second-order valence-electron chi connectivity index (χ2n) is 5.62. The van der Waals surface area contributed by atoms with Crippen LogP contribution in [0.5, 0.6) is 0 Å². The summed E-state index contributed by atoms with van der Waals surface area (Å²) in [7, 11) is 0. The molecule has 4 heteroatoms. The first-order valence-electron chi connectivity index (χ1n) is 8.02. The molecule has 1 rings (SSSR count). The molecule has 0 unspecified atom stereocenters. The van der Waals surface area contributed by atoms with Crippen molar-refractivity contribution in [2.24, 2.45) is 5.41 Å². The molecule has 0 aromatic rings. The van der Waals surface area contributed by atoms with Crippen LogP contribution in [0.2, 0.25) is 0 Å². The van der Waals surface area contributed by atoms with Crippen molar-refractivity contribution in [3.05, 3.63) is 0 Å². The largest absolute Gasteiger partial charge is 0.465 e. The SMILES string of the molecule is CCCOC(=O)C1(C(=O)OCCC)CCCCCCC1. The molecular formula is C16H28O4. The topological polar surface area (TPSA) is 52.6 Å². The Morgan fingerprint density at radius 1 is 0.800 bits per heavy atom. The Kier molecular flexibility index (Phi) is 7.63. The minimum absolute atomic E-state index is 0.373. The van der Waals surface area contributed by atoms with E-state index in [0.717, 1.165) is 38.5 Å². The zero-order valence-electron chi connectivity index (χ0n) is 12.9. The molecule has 1 saturated carbocycles. The Bertz CT molecular complexity index is 282. The van der Waals surface area contributed by atoms with E-state index in [4.69, 9.17) is 9.47 Å². The van der Waals surface area contributed by atoms with Crippen LogP contribution < -0.4 is 0 Å². The van der Waals surface area contributed by atoms with E-state index in [2.05, 4.69) is 0 Å². The monoisotopic (exact) mass is 284 g/mol. The molecule has 0 atom stereocenters. The molecule has 1 aliphatic carbocycles. The first-order valence-corrected chi connectivity index (χ1v) is 8.02. The summed E-state index contributed by atoms with van der Waals surface area (Å²) in [5, 5.41) is 0. The van der Waals surface area contributed by atoms with Gasteiger partial charge in [0.1, 0.15) is 0 Å².